The second-order valence-electron chi connectivity index (χ2n) is 6.20. The van der Waals surface area contributed by atoms with E-state index in [0.717, 1.165) is 19.3 Å². The molecule has 132 valence electrons. The van der Waals surface area contributed by atoms with Crippen molar-refractivity contribution in [1.29, 1.82) is 0 Å². The second kappa shape index (κ2) is 10.5. The second-order valence-corrected chi connectivity index (χ2v) is 6.20. The molecule has 1 heterocycles. The van der Waals surface area contributed by atoms with Crippen molar-refractivity contribution in [2.45, 2.75) is 95.6 Å². The van der Waals surface area contributed by atoms with Gasteiger partial charge in [0.15, 0.2) is 6.29 Å². The number of aliphatic hydroxyl groups is 4. The number of hydrogen-bond acceptors (Lipinski definition) is 6. The van der Waals surface area contributed by atoms with Crippen LogP contribution in [-0.4, -0.2) is 63.8 Å². The highest BCUT2D eigenvalue weighted by atomic mass is 16.7. The monoisotopic (exact) mass is 320 g/mol. The van der Waals surface area contributed by atoms with Gasteiger partial charge in [0.1, 0.15) is 24.4 Å². The Labute approximate surface area is 133 Å². The van der Waals surface area contributed by atoms with Crippen LogP contribution in [0.5, 0.6) is 0 Å². The van der Waals surface area contributed by atoms with Gasteiger partial charge < -0.3 is 29.9 Å². The van der Waals surface area contributed by atoms with E-state index in [1.165, 1.54) is 25.7 Å². The zero-order valence-corrected chi connectivity index (χ0v) is 13.7. The molecule has 0 amide bonds. The number of ether oxygens (including phenoxy) is 2. The predicted octanol–water partition coefficient (Wildman–Crippen LogP) is 0.942. The fourth-order valence-electron chi connectivity index (χ4n) is 2.69. The standard InChI is InChI=1S/C16H32O6/c1-3-4-5-6-7-8-9-11(2)21-16-15(20)14(19)13(18)12(10-17)22-16/h11-20H,3-10H2,1-2H3/t11?,12-,13-,14+,15-,16-/m1/s1. The van der Waals surface area contributed by atoms with Crippen LogP contribution in [0.1, 0.15) is 58.8 Å². The Bertz CT molecular complexity index is 286. The molecule has 6 heteroatoms. The fourth-order valence-corrected chi connectivity index (χ4v) is 2.69. The van der Waals surface area contributed by atoms with Gasteiger partial charge in [-0.2, -0.15) is 0 Å². The number of aliphatic hydroxyl groups excluding tert-OH is 4. The summed E-state index contributed by atoms with van der Waals surface area (Å²) in [6.45, 7) is 3.65. The molecule has 0 aromatic rings. The highest BCUT2D eigenvalue weighted by molar-refractivity contribution is 4.89. The van der Waals surface area contributed by atoms with Crippen molar-refractivity contribution in [3.05, 3.63) is 0 Å². The smallest absolute Gasteiger partial charge is 0.186 e. The highest BCUT2D eigenvalue weighted by Gasteiger charge is 2.44. The highest BCUT2D eigenvalue weighted by Crippen LogP contribution is 2.23. The molecule has 0 spiro atoms. The minimum atomic E-state index is -1.38. The number of rotatable bonds is 10. The summed E-state index contributed by atoms with van der Waals surface area (Å²) in [7, 11) is 0. The van der Waals surface area contributed by atoms with Crippen molar-refractivity contribution in [2.24, 2.45) is 0 Å². The molecule has 1 saturated heterocycles. The van der Waals surface area contributed by atoms with Gasteiger partial charge in [-0.1, -0.05) is 45.4 Å². The van der Waals surface area contributed by atoms with Gasteiger partial charge in [-0.15, -0.1) is 0 Å². The fraction of sp³-hybridized carbons (Fsp3) is 1.00. The first-order valence-corrected chi connectivity index (χ1v) is 8.47. The molecule has 0 aromatic heterocycles. The molecule has 0 saturated carbocycles. The Morgan fingerprint density at radius 2 is 1.59 bits per heavy atom. The van der Waals surface area contributed by atoms with Crippen LogP contribution in [0.15, 0.2) is 0 Å². The van der Waals surface area contributed by atoms with Crippen LogP contribution in [0, 0.1) is 0 Å². The molecule has 0 aliphatic carbocycles. The van der Waals surface area contributed by atoms with Crippen molar-refractivity contribution in [3.63, 3.8) is 0 Å². The quantitative estimate of drug-likeness (QED) is 0.447. The van der Waals surface area contributed by atoms with Crippen molar-refractivity contribution < 1.29 is 29.9 Å². The van der Waals surface area contributed by atoms with Crippen molar-refractivity contribution in [3.8, 4) is 0 Å². The van der Waals surface area contributed by atoms with E-state index in [1.807, 2.05) is 6.92 Å². The van der Waals surface area contributed by atoms with E-state index in [9.17, 15) is 15.3 Å². The summed E-state index contributed by atoms with van der Waals surface area (Å²) >= 11 is 0. The molecular weight excluding hydrogens is 288 g/mol. The number of unbranched alkanes of at least 4 members (excludes halogenated alkanes) is 5. The first-order chi connectivity index (χ1) is 10.5. The van der Waals surface area contributed by atoms with E-state index in [2.05, 4.69) is 6.92 Å². The summed E-state index contributed by atoms with van der Waals surface area (Å²) in [5, 5.41) is 38.4. The molecular formula is C16H32O6. The maximum Gasteiger partial charge on any atom is 0.186 e. The maximum absolute atomic E-state index is 9.90. The molecule has 6 atom stereocenters. The topological polar surface area (TPSA) is 99.4 Å². The van der Waals surface area contributed by atoms with Crippen LogP contribution >= 0.6 is 0 Å². The molecule has 0 aromatic carbocycles. The van der Waals surface area contributed by atoms with E-state index in [0.29, 0.717) is 0 Å². The Balaban J connectivity index is 2.29. The molecule has 1 aliphatic rings. The van der Waals surface area contributed by atoms with E-state index >= 15 is 0 Å². The lowest BCUT2D eigenvalue weighted by Crippen LogP contribution is -2.59. The SMILES string of the molecule is CCCCCCCCC(C)O[C@@H]1O[C@H](CO)[C@@H](O)[C@H](O)[C@H]1O. The largest absolute Gasteiger partial charge is 0.394 e. The molecule has 0 bridgehead atoms. The molecule has 6 nitrogen and oxygen atoms in total. The zero-order valence-electron chi connectivity index (χ0n) is 13.7. The maximum atomic E-state index is 9.90. The molecule has 1 unspecified atom stereocenters. The zero-order chi connectivity index (χ0) is 16.5. The average Bonchev–Trinajstić information content (AvgIpc) is 2.51. The third kappa shape index (κ3) is 6.10. The molecule has 1 fully saturated rings. The van der Waals surface area contributed by atoms with Crippen molar-refractivity contribution in [2.75, 3.05) is 6.61 Å². The molecule has 1 aliphatic heterocycles. The molecule has 0 radical (unpaired) electrons. The van der Waals surface area contributed by atoms with Gasteiger partial charge in [0.05, 0.1) is 12.7 Å². The van der Waals surface area contributed by atoms with Gasteiger partial charge in [-0.25, -0.2) is 0 Å². The van der Waals surface area contributed by atoms with Crippen molar-refractivity contribution >= 4 is 0 Å². The van der Waals surface area contributed by atoms with Gasteiger partial charge in [0, 0.05) is 0 Å². The van der Waals surface area contributed by atoms with E-state index in [4.69, 9.17) is 14.6 Å². The molecule has 4 N–H and O–H groups in total. The molecule has 22 heavy (non-hydrogen) atoms. The van der Waals surface area contributed by atoms with Crippen LogP contribution in [-0.2, 0) is 9.47 Å². The summed E-state index contributed by atoms with van der Waals surface area (Å²) in [6, 6.07) is 0. The van der Waals surface area contributed by atoms with Crippen LogP contribution in [0.25, 0.3) is 0 Å². The van der Waals surface area contributed by atoms with Crippen LogP contribution in [0.2, 0.25) is 0 Å². The van der Waals surface area contributed by atoms with Gasteiger partial charge in [0.2, 0.25) is 0 Å². The Kier molecular flexibility index (Phi) is 9.47. The first kappa shape index (κ1) is 19.8. The third-order valence-electron chi connectivity index (χ3n) is 4.18. The van der Waals surface area contributed by atoms with E-state index in [-0.39, 0.29) is 6.10 Å². The summed E-state index contributed by atoms with van der Waals surface area (Å²) in [5.74, 6) is 0. The molecule has 1 rings (SSSR count). The van der Waals surface area contributed by atoms with Crippen LogP contribution in [0.3, 0.4) is 0 Å². The lowest BCUT2D eigenvalue weighted by atomic mass is 9.99. The summed E-state index contributed by atoms with van der Waals surface area (Å²) in [4.78, 5) is 0. The van der Waals surface area contributed by atoms with Crippen LogP contribution in [0.4, 0.5) is 0 Å². The third-order valence-corrected chi connectivity index (χ3v) is 4.18. The number of hydrogen-bond donors (Lipinski definition) is 4. The minimum absolute atomic E-state index is 0.118. The Morgan fingerprint density at radius 1 is 0.955 bits per heavy atom. The lowest BCUT2D eigenvalue weighted by Gasteiger charge is -2.40. The van der Waals surface area contributed by atoms with Gasteiger partial charge in [0.25, 0.3) is 0 Å². The van der Waals surface area contributed by atoms with Gasteiger partial charge in [-0.3, -0.25) is 0 Å². The van der Waals surface area contributed by atoms with Gasteiger partial charge in [-0.05, 0) is 13.3 Å². The minimum Gasteiger partial charge on any atom is -0.394 e. The first-order valence-electron chi connectivity index (χ1n) is 8.47. The van der Waals surface area contributed by atoms with E-state index < -0.39 is 37.3 Å². The van der Waals surface area contributed by atoms with Crippen molar-refractivity contribution in [1.82, 2.24) is 0 Å². The normalized spacial score (nSPS) is 33.8. The lowest BCUT2D eigenvalue weighted by molar-refractivity contribution is -0.310. The summed E-state index contributed by atoms with van der Waals surface area (Å²) in [6.07, 6.45) is 1.96. The Hall–Kier alpha value is -0.240. The average molecular weight is 320 g/mol. The predicted molar refractivity (Wildman–Crippen MR) is 82.3 cm³/mol. The summed E-state index contributed by atoms with van der Waals surface area (Å²) < 4.78 is 11.0. The van der Waals surface area contributed by atoms with E-state index in [1.54, 1.807) is 0 Å². The van der Waals surface area contributed by atoms with Gasteiger partial charge >= 0.3 is 0 Å². The van der Waals surface area contributed by atoms with Crippen LogP contribution < -0.4 is 0 Å². The Morgan fingerprint density at radius 3 is 2.23 bits per heavy atom. The summed E-state index contributed by atoms with van der Waals surface area (Å²) in [5.41, 5.74) is 0.